The molecular formula is C12H24N2O3S. The van der Waals surface area contributed by atoms with Crippen molar-refractivity contribution in [2.24, 2.45) is 11.7 Å². The summed E-state index contributed by atoms with van der Waals surface area (Å²) in [4.78, 5) is 13.8. The third kappa shape index (κ3) is 4.57. The van der Waals surface area contributed by atoms with Gasteiger partial charge in [-0.2, -0.15) is 0 Å². The molecule has 1 aliphatic carbocycles. The second kappa shape index (κ2) is 6.02. The van der Waals surface area contributed by atoms with Crippen LogP contribution in [0.3, 0.4) is 0 Å². The summed E-state index contributed by atoms with van der Waals surface area (Å²) in [6.07, 6.45) is 4.73. The summed E-state index contributed by atoms with van der Waals surface area (Å²) in [6.45, 7) is 1.77. The van der Waals surface area contributed by atoms with E-state index in [0.29, 0.717) is 0 Å². The van der Waals surface area contributed by atoms with Gasteiger partial charge in [0.05, 0.1) is 5.75 Å². The smallest absolute Gasteiger partial charge is 0.225 e. The summed E-state index contributed by atoms with van der Waals surface area (Å²) in [5, 5.41) is 0. The molecule has 0 heterocycles. The standard InChI is InChI=1S/C12H24N2O3S/c1-9(8-18(3,16)17)14(2)12(15)10-5-4-6-11(13)7-10/h9-11H,4-8,13H2,1-3H3. The van der Waals surface area contributed by atoms with Crippen LogP contribution in [0.25, 0.3) is 0 Å². The lowest BCUT2D eigenvalue weighted by Crippen LogP contribution is -2.44. The highest BCUT2D eigenvalue weighted by Crippen LogP contribution is 2.25. The fourth-order valence-electron chi connectivity index (χ4n) is 2.51. The van der Waals surface area contributed by atoms with Gasteiger partial charge in [0.15, 0.2) is 0 Å². The highest BCUT2D eigenvalue weighted by molar-refractivity contribution is 7.90. The van der Waals surface area contributed by atoms with Crippen molar-refractivity contribution in [2.75, 3.05) is 19.1 Å². The predicted molar refractivity (Wildman–Crippen MR) is 71.9 cm³/mol. The first-order chi connectivity index (χ1) is 8.20. The zero-order valence-electron chi connectivity index (χ0n) is 11.4. The minimum Gasteiger partial charge on any atom is -0.342 e. The first kappa shape index (κ1) is 15.4. The van der Waals surface area contributed by atoms with E-state index in [1.807, 2.05) is 0 Å². The average molecular weight is 276 g/mol. The maximum absolute atomic E-state index is 12.2. The van der Waals surface area contributed by atoms with Gasteiger partial charge in [-0.3, -0.25) is 4.79 Å². The summed E-state index contributed by atoms with van der Waals surface area (Å²) in [6, 6.07) is -0.183. The van der Waals surface area contributed by atoms with Gasteiger partial charge < -0.3 is 10.6 Å². The molecule has 3 atom stereocenters. The molecule has 0 radical (unpaired) electrons. The van der Waals surface area contributed by atoms with Gasteiger partial charge in [0.25, 0.3) is 0 Å². The lowest BCUT2D eigenvalue weighted by Gasteiger charge is -2.32. The van der Waals surface area contributed by atoms with Crippen LogP contribution in [0.15, 0.2) is 0 Å². The van der Waals surface area contributed by atoms with E-state index in [9.17, 15) is 13.2 Å². The maximum atomic E-state index is 12.2. The summed E-state index contributed by atoms with van der Waals surface area (Å²) >= 11 is 0. The summed E-state index contributed by atoms with van der Waals surface area (Å²) in [5.41, 5.74) is 5.87. The topological polar surface area (TPSA) is 80.5 Å². The largest absolute Gasteiger partial charge is 0.342 e. The normalized spacial score (nSPS) is 26.7. The van der Waals surface area contributed by atoms with Crippen molar-refractivity contribution in [3.05, 3.63) is 0 Å². The summed E-state index contributed by atoms with van der Waals surface area (Å²) in [7, 11) is -1.38. The van der Waals surface area contributed by atoms with Crippen molar-refractivity contribution in [2.45, 2.75) is 44.7 Å². The van der Waals surface area contributed by atoms with E-state index in [1.54, 1.807) is 18.9 Å². The van der Waals surface area contributed by atoms with E-state index in [0.717, 1.165) is 25.7 Å². The van der Waals surface area contributed by atoms with E-state index in [4.69, 9.17) is 5.73 Å². The molecule has 5 nitrogen and oxygen atoms in total. The Morgan fingerprint density at radius 1 is 1.44 bits per heavy atom. The molecule has 0 saturated heterocycles. The molecule has 0 aromatic heterocycles. The fourth-order valence-corrected chi connectivity index (χ4v) is 3.61. The fraction of sp³-hybridized carbons (Fsp3) is 0.917. The molecule has 1 fully saturated rings. The number of carbonyl (C=O) groups is 1. The molecule has 6 heteroatoms. The zero-order valence-corrected chi connectivity index (χ0v) is 12.2. The number of nitrogens with zero attached hydrogens (tertiary/aromatic N) is 1. The lowest BCUT2D eigenvalue weighted by atomic mass is 9.85. The van der Waals surface area contributed by atoms with Crippen molar-refractivity contribution >= 4 is 15.7 Å². The van der Waals surface area contributed by atoms with E-state index < -0.39 is 9.84 Å². The molecule has 0 bridgehead atoms. The molecule has 1 aliphatic rings. The van der Waals surface area contributed by atoms with E-state index in [-0.39, 0.29) is 29.7 Å². The number of nitrogens with two attached hydrogens (primary N) is 1. The monoisotopic (exact) mass is 276 g/mol. The van der Waals surface area contributed by atoms with Crippen molar-refractivity contribution in [1.29, 1.82) is 0 Å². The molecule has 106 valence electrons. The Balaban J connectivity index is 2.60. The predicted octanol–water partition coefficient (Wildman–Crippen LogP) is 0.395. The molecule has 0 aromatic carbocycles. The molecule has 1 saturated carbocycles. The summed E-state index contributed by atoms with van der Waals surface area (Å²) in [5.74, 6) is -0.00403. The highest BCUT2D eigenvalue weighted by Gasteiger charge is 2.30. The minimum absolute atomic E-state index is 0.00795. The van der Waals surface area contributed by atoms with Gasteiger partial charge in [0.1, 0.15) is 9.84 Å². The lowest BCUT2D eigenvalue weighted by molar-refractivity contribution is -0.136. The number of sulfone groups is 1. The van der Waals surface area contributed by atoms with Crippen molar-refractivity contribution in [3.63, 3.8) is 0 Å². The minimum atomic E-state index is -3.06. The van der Waals surface area contributed by atoms with Gasteiger partial charge in [-0.05, 0) is 26.2 Å². The average Bonchev–Trinajstić information content (AvgIpc) is 2.24. The van der Waals surface area contributed by atoms with E-state index in [1.165, 1.54) is 6.26 Å². The van der Waals surface area contributed by atoms with Crippen LogP contribution in [0.4, 0.5) is 0 Å². The van der Waals surface area contributed by atoms with Crippen molar-refractivity contribution < 1.29 is 13.2 Å². The molecule has 1 rings (SSSR count). The Kier molecular flexibility index (Phi) is 5.16. The third-order valence-electron chi connectivity index (χ3n) is 3.62. The molecule has 0 aliphatic heterocycles. The van der Waals surface area contributed by atoms with Crippen LogP contribution in [0.1, 0.15) is 32.6 Å². The van der Waals surface area contributed by atoms with Gasteiger partial charge in [0, 0.05) is 31.3 Å². The van der Waals surface area contributed by atoms with Crippen LogP contribution >= 0.6 is 0 Å². The highest BCUT2D eigenvalue weighted by atomic mass is 32.2. The number of amides is 1. The molecule has 0 spiro atoms. The molecule has 3 unspecified atom stereocenters. The van der Waals surface area contributed by atoms with Gasteiger partial charge in [0.2, 0.25) is 5.91 Å². The number of carbonyl (C=O) groups excluding carboxylic acids is 1. The van der Waals surface area contributed by atoms with Crippen LogP contribution in [-0.2, 0) is 14.6 Å². The van der Waals surface area contributed by atoms with Crippen molar-refractivity contribution in [3.8, 4) is 0 Å². The van der Waals surface area contributed by atoms with E-state index >= 15 is 0 Å². The Bertz CT molecular complexity index is 394. The van der Waals surface area contributed by atoms with Gasteiger partial charge >= 0.3 is 0 Å². The molecular weight excluding hydrogens is 252 g/mol. The molecule has 18 heavy (non-hydrogen) atoms. The quantitative estimate of drug-likeness (QED) is 0.805. The van der Waals surface area contributed by atoms with Crippen LogP contribution < -0.4 is 5.73 Å². The summed E-state index contributed by atoms with van der Waals surface area (Å²) < 4.78 is 22.5. The maximum Gasteiger partial charge on any atom is 0.225 e. The number of rotatable bonds is 4. The van der Waals surface area contributed by atoms with Gasteiger partial charge in [-0.1, -0.05) is 6.42 Å². The van der Waals surface area contributed by atoms with Crippen LogP contribution in [0.2, 0.25) is 0 Å². The molecule has 2 N–H and O–H groups in total. The zero-order chi connectivity index (χ0) is 13.9. The number of hydrogen-bond donors (Lipinski definition) is 1. The van der Waals surface area contributed by atoms with Crippen LogP contribution in [-0.4, -0.2) is 50.4 Å². The van der Waals surface area contributed by atoms with Gasteiger partial charge in [-0.25, -0.2) is 8.42 Å². The molecule has 1 amide bonds. The van der Waals surface area contributed by atoms with Crippen LogP contribution in [0.5, 0.6) is 0 Å². The molecule has 0 aromatic rings. The van der Waals surface area contributed by atoms with Gasteiger partial charge in [-0.15, -0.1) is 0 Å². The Morgan fingerprint density at radius 2 is 2.06 bits per heavy atom. The second-order valence-corrected chi connectivity index (χ2v) is 7.70. The Hall–Kier alpha value is -0.620. The third-order valence-corrected chi connectivity index (χ3v) is 4.70. The van der Waals surface area contributed by atoms with Crippen molar-refractivity contribution in [1.82, 2.24) is 4.90 Å². The Morgan fingerprint density at radius 3 is 2.56 bits per heavy atom. The Labute approximate surface area is 110 Å². The second-order valence-electron chi connectivity index (χ2n) is 5.51. The number of hydrogen-bond acceptors (Lipinski definition) is 4. The van der Waals surface area contributed by atoms with Crippen LogP contribution in [0, 0.1) is 5.92 Å². The van der Waals surface area contributed by atoms with E-state index in [2.05, 4.69) is 0 Å². The first-order valence-electron chi connectivity index (χ1n) is 6.40. The SMILES string of the molecule is CC(CS(C)(=O)=O)N(C)C(=O)C1CCCC(N)C1. The first-order valence-corrected chi connectivity index (χ1v) is 8.46.